The molecule has 1 aromatic rings. The molecule has 1 aromatic carbocycles. The molecule has 1 rings (SSSR count). The molecule has 1 atom stereocenters. The van der Waals surface area contributed by atoms with Crippen molar-refractivity contribution in [2.45, 2.75) is 26.4 Å². The molecule has 0 fully saturated rings. The summed E-state index contributed by atoms with van der Waals surface area (Å²) in [5.41, 5.74) is 1.09. The van der Waals surface area contributed by atoms with Crippen LogP contribution >= 0.6 is 0 Å². The van der Waals surface area contributed by atoms with Gasteiger partial charge in [-0.05, 0) is 25.0 Å². The summed E-state index contributed by atoms with van der Waals surface area (Å²) in [6.07, 6.45) is 5.39. The van der Waals surface area contributed by atoms with Crippen LogP contribution in [0.15, 0.2) is 24.3 Å². The van der Waals surface area contributed by atoms with Crippen LogP contribution in [-0.4, -0.2) is 18.6 Å². The number of carbonyl (C=O) groups is 1. The highest BCUT2D eigenvalue weighted by Gasteiger charge is 2.14. The third-order valence-corrected chi connectivity index (χ3v) is 2.39. The standard InChI is InChI=1S/C14H17NO2/c1-4-10-15-14(16)11(3)17-13-9-7-6-8-12(13)5-2/h1,6-9,11H,5,10H2,2-3H3,(H,15,16). The van der Waals surface area contributed by atoms with E-state index in [1.165, 1.54) is 0 Å². The minimum Gasteiger partial charge on any atom is -0.481 e. The van der Waals surface area contributed by atoms with E-state index in [9.17, 15) is 4.79 Å². The Labute approximate surface area is 102 Å². The number of carbonyl (C=O) groups excluding carboxylic acids is 1. The molecule has 0 heterocycles. The first kappa shape index (κ1) is 13.1. The number of rotatable bonds is 5. The van der Waals surface area contributed by atoms with Crippen LogP contribution in [-0.2, 0) is 11.2 Å². The molecular formula is C14H17NO2. The van der Waals surface area contributed by atoms with Crippen molar-refractivity contribution in [1.29, 1.82) is 0 Å². The normalized spacial score (nSPS) is 11.4. The van der Waals surface area contributed by atoms with Gasteiger partial charge in [-0.2, -0.15) is 0 Å². The third kappa shape index (κ3) is 3.84. The Morgan fingerprint density at radius 3 is 2.88 bits per heavy atom. The van der Waals surface area contributed by atoms with Crippen molar-refractivity contribution in [3.05, 3.63) is 29.8 Å². The maximum atomic E-state index is 11.6. The van der Waals surface area contributed by atoms with E-state index >= 15 is 0 Å². The number of aryl methyl sites for hydroxylation is 1. The molecule has 90 valence electrons. The molecule has 0 aromatic heterocycles. The van der Waals surface area contributed by atoms with E-state index in [2.05, 4.69) is 11.2 Å². The lowest BCUT2D eigenvalue weighted by Crippen LogP contribution is -2.36. The second-order valence-corrected chi connectivity index (χ2v) is 3.64. The Kier molecular flexibility index (Phi) is 5.09. The van der Waals surface area contributed by atoms with Gasteiger partial charge in [0.15, 0.2) is 6.10 Å². The molecule has 0 saturated heterocycles. The van der Waals surface area contributed by atoms with Crippen molar-refractivity contribution < 1.29 is 9.53 Å². The van der Waals surface area contributed by atoms with Gasteiger partial charge in [0, 0.05) is 0 Å². The lowest BCUT2D eigenvalue weighted by molar-refractivity contribution is -0.127. The fourth-order valence-corrected chi connectivity index (χ4v) is 1.44. The minimum absolute atomic E-state index is 0.200. The predicted molar refractivity (Wildman–Crippen MR) is 67.8 cm³/mol. The van der Waals surface area contributed by atoms with Crippen molar-refractivity contribution in [1.82, 2.24) is 5.32 Å². The SMILES string of the molecule is C#CCNC(=O)C(C)Oc1ccccc1CC. The average molecular weight is 231 g/mol. The predicted octanol–water partition coefficient (Wildman–Crippen LogP) is 1.77. The molecule has 17 heavy (non-hydrogen) atoms. The first-order chi connectivity index (χ1) is 8.19. The smallest absolute Gasteiger partial charge is 0.261 e. The summed E-state index contributed by atoms with van der Waals surface area (Å²) in [6.45, 7) is 3.98. The van der Waals surface area contributed by atoms with Crippen LogP contribution in [0.2, 0.25) is 0 Å². The van der Waals surface area contributed by atoms with Gasteiger partial charge in [0.25, 0.3) is 5.91 Å². The van der Waals surface area contributed by atoms with Gasteiger partial charge in [-0.25, -0.2) is 0 Å². The Morgan fingerprint density at radius 1 is 1.53 bits per heavy atom. The van der Waals surface area contributed by atoms with Crippen LogP contribution in [0.4, 0.5) is 0 Å². The largest absolute Gasteiger partial charge is 0.481 e. The van der Waals surface area contributed by atoms with Gasteiger partial charge in [0.2, 0.25) is 0 Å². The maximum Gasteiger partial charge on any atom is 0.261 e. The average Bonchev–Trinajstić information content (AvgIpc) is 2.36. The topological polar surface area (TPSA) is 38.3 Å². The van der Waals surface area contributed by atoms with Crippen LogP contribution in [0.3, 0.4) is 0 Å². The zero-order valence-corrected chi connectivity index (χ0v) is 10.2. The van der Waals surface area contributed by atoms with Crippen LogP contribution in [0.1, 0.15) is 19.4 Å². The fraction of sp³-hybridized carbons (Fsp3) is 0.357. The summed E-state index contributed by atoms with van der Waals surface area (Å²) < 4.78 is 5.61. The number of ether oxygens (including phenoxy) is 1. The molecule has 3 heteroatoms. The zero-order valence-electron chi connectivity index (χ0n) is 10.2. The molecule has 0 saturated carbocycles. The quantitative estimate of drug-likeness (QED) is 0.784. The van der Waals surface area contributed by atoms with Crippen molar-refractivity contribution in [2.75, 3.05) is 6.54 Å². The van der Waals surface area contributed by atoms with E-state index in [1.807, 2.05) is 31.2 Å². The van der Waals surface area contributed by atoms with Crippen LogP contribution in [0.25, 0.3) is 0 Å². The Hall–Kier alpha value is -1.95. The summed E-state index contributed by atoms with van der Waals surface area (Å²) in [5, 5.41) is 2.59. The number of benzene rings is 1. The summed E-state index contributed by atoms with van der Waals surface area (Å²) in [7, 11) is 0. The van der Waals surface area contributed by atoms with Gasteiger partial charge in [0.1, 0.15) is 5.75 Å². The molecule has 3 nitrogen and oxygen atoms in total. The van der Waals surface area contributed by atoms with E-state index in [4.69, 9.17) is 11.2 Å². The van der Waals surface area contributed by atoms with Gasteiger partial charge in [-0.3, -0.25) is 4.79 Å². The molecule has 1 amide bonds. The van der Waals surface area contributed by atoms with Gasteiger partial charge in [-0.1, -0.05) is 31.0 Å². The minimum atomic E-state index is -0.545. The molecule has 0 radical (unpaired) electrons. The fourth-order valence-electron chi connectivity index (χ4n) is 1.44. The van der Waals surface area contributed by atoms with E-state index in [0.29, 0.717) is 0 Å². The number of hydrogen-bond acceptors (Lipinski definition) is 2. The highest BCUT2D eigenvalue weighted by molar-refractivity contribution is 5.80. The van der Waals surface area contributed by atoms with Gasteiger partial charge < -0.3 is 10.1 Å². The lowest BCUT2D eigenvalue weighted by atomic mass is 10.1. The van der Waals surface area contributed by atoms with Crippen molar-refractivity contribution >= 4 is 5.91 Å². The number of para-hydroxylation sites is 1. The highest BCUT2D eigenvalue weighted by atomic mass is 16.5. The van der Waals surface area contributed by atoms with E-state index in [0.717, 1.165) is 17.7 Å². The number of hydrogen-bond donors (Lipinski definition) is 1. The van der Waals surface area contributed by atoms with E-state index in [-0.39, 0.29) is 12.5 Å². The molecular weight excluding hydrogens is 214 g/mol. The Balaban J connectivity index is 2.64. The summed E-state index contributed by atoms with van der Waals surface area (Å²) >= 11 is 0. The van der Waals surface area contributed by atoms with E-state index in [1.54, 1.807) is 6.92 Å². The van der Waals surface area contributed by atoms with Crippen molar-refractivity contribution in [2.24, 2.45) is 0 Å². The van der Waals surface area contributed by atoms with Crippen molar-refractivity contribution in [3.63, 3.8) is 0 Å². The molecule has 0 aliphatic rings. The molecule has 0 spiro atoms. The Morgan fingerprint density at radius 2 is 2.24 bits per heavy atom. The third-order valence-electron chi connectivity index (χ3n) is 2.39. The summed E-state index contributed by atoms with van der Waals surface area (Å²) in [6, 6.07) is 7.69. The second kappa shape index (κ2) is 6.59. The maximum absolute atomic E-state index is 11.6. The Bertz CT molecular complexity index is 420. The van der Waals surface area contributed by atoms with Gasteiger partial charge in [-0.15, -0.1) is 6.42 Å². The molecule has 0 aliphatic heterocycles. The number of nitrogens with one attached hydrogen (secondary N) is 1. The van der Waals surface area contributed by atoms with Crippen LogP contribution < -0.4 is 10.1 Å². The van der Waals surface area contributed by atoms with Crippen LogP contribution in [0, 0.1) is 12.3 Å². The zero-order chi connectivity index (χ0) is 12.7. The first-order valence-electron chi connectivity index (χ1n) is 5.64. The summed E-state index contributed by atoms with van der Waals surface area (Å²) in [5.74, 6) is 2.90. The molecule has 0 bridgehead atoms. The van der Waals surface area contributed by atoms with Gasteiger partial charge in [0.05, 0.1) is 6.54 Å². The van der Waals surface area contributed by atoms with Crippen LogP contribution in [0.5, 0.6) is 5.75 Å². The summed E-state index contributed by atoms with van der Waals surface area (Å²) in [4.78, 5) is 11.6. The monoisotopic (exact) mass is 231 g/mol. The van der Waals surface area contributed by atoms with E-state index < -0.39 is 6.10 Å². The van der Waals surface area contributed by atoms with Gasteiger partial charge >= 0.3 is 0 Å². The molecule has 1 N–H and O–H groups in total. The molecule has 0 aliphatic carbocycles. The first-order valence-corrected chi connectivity index (χ1v) is 5.64. The number of terminal acetylenes is 1. The molecule has 1 unspecified atom stereocenters. The second-order valence-electron chi connectivity index (χ2n) is 3.64. The van der Waals surface area contributed by atoms with Crippen molar-refractivity contribution in [3.8, 4) is 18.1 Å². The highest BCUT2D eigenvalue weighted by Crippen LogP contribution is 2.19. The lowest BCUT2D eigenvalue weighted by Gasteiger charge is -2.16. The number of amides is 1.